The smallest absolute Gasteiger partial charge is 0.316 e. The highest BCUT2D eigenvalue weighted by atomic mass is 16.4. The van der Waals surface area contributed by atoms with Gasteiger partial charge in [-0.15, -0.1) is 5.10 Å². The van der Waals surface area contributed by atoms with E-state index in [1.54, 1.807) is 18.4 Å². The maximum atomic E-state index is 5.49. The molecule has 1 N–H and O–H groups in total. The van der Waals surface area contributed by atoms with Crippen molar-refractivity contribution in [1.29, 1.82) is 0 Å². The zero-order chi connectivity index (χ0) is 13.9. The summed E-state index contributed by atoms with van der Waals surface area (Å²) in [6, 6.07) is 10.3. The first-order chi connectivity index (χ1) is 9.72. The number of rotatable bonds is 4. The normalized spacial score (nSPS) is 10.7. The summed E-state index contributed by atoms with van der Waals surface area (Å²) in [5.74, 6) is 0.940. The predicted octanol–water partition coefficient (Wildman–Crippen LogP) is 3.56. The third kappa shape index (κ3) is 2.56. The van der Waals surface area contributed by atoms with E-state index in [9.17, 15) is 0 Å². The lowest BCUT2D eigenvalue weighted by atomic mass is 10.1. The quantitative estimate of drug-likeness (QED) is 0.784. The summed E-state index contributed by atoms with van der Waals surface area (Å²) >= 11 is 0. The molecule has 0 aliphatic rings. The molecule has 0 amide bonds. The van der Waals surface area contributed by atoms with Crippen molar-refractivity contribution in [2.75, 3.05) is 5.32 Å². The largest absolute Gasteiger partial charge is 0.459 e. The maximum absolute atomic E-state index is 5.49. The number of nitrogens with zero attached hydrogens (tertiary/aromatic N) is 2. The van der Waals surface area contributed by atoms with Gasteiger partial charge in [-0.1, -0.05) is 28.9 Å². The average Bonchev–Trinajstić information content (AvgIpc) is 3.08. The molecule has 0 bridgehead atoms. The van der Waals surface area contributed by atoms with Crippen molar-refractivity contribution in [3.8, 4) is 11.7 Å². The number of aryl methyl sites for hydroxylation is 2. The lowest BCUT2D eigenvalue weighted by molar-refractivity contribution is 0.522. The van der Waals surface area contributed by atoms with Gasteiger partial charge in [-0.25, -0.2) is 0 Å². The van der Waals surface area contributed by atoms with E-state index < -0.39 is 0 Å². The van der Waals surface area contributed by atoms with Crippen LogP contribution in [0.1, 0.15) is 16.7 Å². The van der Waals surface area contributed by atoms with Crippen LogP contribution in [0.4, 0.5) is 6.01 Å². The molecule has 0 aliphatic carbocycles. The summed E-state index contributed by atoms with van der Waals surface area (Å²) in [5.41, 5.74) is 3.70. The van der Waals surface area contributed by atoms with E-state index in [0.29, 0.717) is 24.2 Å². The number of anilines is 1. The van der Waals surface area contributed by atoms with Gasteiger partial charge in [-0.2, -0.15) is 0 Å². The lowest BCUT2D eigenvalue weighted by Crippen LogP contribution is -2.01. The second-order valence-corrected chi connectivity index (χ2v) is 4.67. The molecule has 3 aromatic rings. The summed E-state index contributed by atoms with van der Waals surface area (Å²) in [7, 11) is 0. The van der Waals surface area contributed by atoms with E-state index >= 15 is 0 Å². The minimum atomic E-state index is 0.373. The zero-order valence-corrected chi connectivity index (χ0v) is 11.4. The molecule has 102 valence electrons. The van der Waals surface area contributed by atoms with Gasteiger partial charge >= 0.3 is 6.01 Å². The molecule has 2 heterocycles. The van der Waals surface area contributed by atoms with E-state index in [0.717, 1.165) is 0 Å². The van der Waals surface area contributed by atoms with Crippen LogP contribution in [0.15, 0.2) is 45.4 Å². The molecule has 20 heavy (non-hydrogen) atoms. The van der Waals surface area contributed by atoms with Gasteiger partial charge in [-0.05, 0) is 37.1 Å². The lowest BCUT2D eigenvalue weighted by Gasteiger charge is -2.06. The summed E-state index contributed by atoms with van der Waals surface area (Å²) in [4.78, 5) is 0. The molecule has 0 saturated heterocycles. The molecule has 3 rings (SSSR count). The first-order valence-corrected chi connectivity index (χ1v) is 6.40. The Labute approximate surface area is 116 Å². The number of benzene rings is 1. The minimum absolute atomic E-state index is 0.373. The van der Waals surface area contributed by atoms with Crippen LogP contribution in [-0.4, -0.2) is 10.2 Å². The Morgan fingerprint density at radius 3 is 2.80 bits per heavy atom. The standard InChI is InChI=1S/C15H15N3O2/c1-10-5-6-12(11(2)8-10)9-16-15-18-17-14(20-15)13-4-3-7-19-13/h3-8H,9H2,1-2H3,(H,16,18). The highest BCUT2D eigenvalue weighted by Gasteiger charge is 2.10. The number of hydrogen-bond donors (Lipinski definition) is 1. The van der Waals surface area contributed by atoms with Crippen LogP contribution in [0.3, 0.4) is 0 Å². The van der Waals surface area contributed by atoms with E-state index in [1.165, 1.54) is 16.7 Å². The van der Waals surface area contributed by atoms with Gasteiger partial charge in [0.2, 0.25) is 0 Å². The Kier molecular flexibility index (Phi) is 3.25. The SMILES string of the molecule is Cc1ccc(CNc2nnc(-c3ccco3)o2)c(C)c1. The Morgan fingerprint density at radius 1 is 1.15 bits per heavy atom. The Morgan fingerprint density at radius 2 is 2.05 bits per heavy atom. The molecule has 5 heteroatoms. The van der Waals surface area contributed by atoms with Gasteiger partial charge in [-0.3, -0.25) is 0 Å². The third-order valence-corrected chi connectivity index (χ3v) is 3.09. The molecule has 1 aromatic carbocycles. The zero-order valence-electron chi connectivity index (χ0n) is 11.4. The topological polar surface area (TPSA) is 64.1 Å². The Hall–Kier alpha value is -2.56. The van der Waals surface area contributed by atoms with E-state index in [4.69, 9.17) is 8.83 Å². The van der Waals surface area contributed by atoms with E-state index in [2.05, 4.69) is 47.6 Å². The van der Waals surface area contributed by atoms with Gasteiger partial charge in [0.1, 0.15) is 0 Å². The molecular formula is C15H15N3O2. The Balaban J connectivity index is 1.70. The van der Waals surface area contributed by atoms with Crippen molar-refractivity contribution in [2.24, 2.45) is 0 Å². The molecule has 0 saturated carbocycles. The van der Waals surface area contributed by atoms with Gasteiger partial charge < -0.3 is 14.2 Å². The van der Waals surface area contributed by atoms with E-state index in [1.807, 2.05) is 0 Å². The van der Waals surface area contributed by atoms with Crippen molar-refractivity contribution in [1.82, 2.24) is 10.2 Å². The number of furan rings is 1. The first kappa shape index (κ1) is 12.5. The number of nitrogens with one attached hydrogen (secondary N) is 1. The summed E-state index contributed by atoms with van der Waals surface area (Å²) in [5, 5.41) is 11.0. The van der Waals surface area contributed by atoms with Crippen molar-refractivity contribution < 1.29 is 8.83 Å². The first-order valence-electron chi connectivity index (χ1n) is 6.40. The maximum Gasteiger partial charge on any atom is 0.316 e. The molecule has 5 nitrogen and oxygen atoms in total. The van der Waals surface area contributed by atoms with Gasteiger partial charge in [0.05, 0.1) is 6.26 Å². The Bertz CT molecular complexity index is 702. The minimum Gasteiger partial charge on any atom is -0.459 e. The number of aromatic nitrogens is 2. The average molecular weight is 269 g/mol. The second-order valence-electron chi connectivity index (χ2n) is 4.67. The van der Waals surface area contributed by atoms with Crippen LogP contribution in [0.25, 0.3) is 11.7 Å². The summed E-state index contributed by atoms with van der Waals surface area (Å²) < 4.78 is 10.7. The molecule has 0 unspecified atom stereocenters. The molecule has 0 aliphatic heterocycles. The molecular weight excluding hydrogens is 254 g/mol. The third-order valence-electron chi connectivity index (χ3n) is 3.09. The highest BCUT2D eigenvalue weighted by Crippen LogP contribution is 2.20. The van der Waals surface area contributed by atoms with Crippen LogP contribution in [0.5, 0.6) is 0 Å². The molecule has 0 fully saturated rings. The summed E-state index contributed by atoms with van der Waals surface area (Å²) in [6.45, 7) is 4.82. The molecule has 2 aromatic heterocycles. The van der Waals surface area contributed by atoms with Crippen molar-refractivity contribution in [2.45, 2.75) is 20.4 Å². The van der Waals surface area contributed by atoms with Crippen LogP contribution >= 0.6 is 0 Å². The molecule has 0 radical (unpaired) electrons. The summed E-state index contributed by atoms with van der Waals surface area (Å²) in [6.07, 6.45) is 1.57. The molecule has 0 spiro atoms. The predicted molar refractivity (Wildman–Crippen MR) is 75.2 cm³/mol. The monoisotopic (exact) mass is 269 g/mol. The number of hydrogen-bond acceptors (Lipinski definition) is 5. The fraction of sp³-hybridized carbons (Fsp3) is 0.200. The van der Waals surface area contributed by atoms with Crippen molar-refractivity contribution in [3.63, 3.8) is 0 Å². The fourth-order valence-electron chi connectivity index (χ4n) is 2.01. The fourth-order valence-corrected chi connectivity index (χ4v) is 2.01. The van der Waals surface area contributed by atoms with Crippen molar-refractivity contribution >= 4 is 6.01 Å². The van der Waals surface area contributed by atoms with Crippen LogP contribution in [-0.2, 0) is 6.54 Å². The van der Waals surface area contributed by atoms with Crippen LogP contribution in [0.2, 0.25) is 0 Å². The van der Waals surface area contributed by atoms with Crippen LogP contribution in [0, 0.1) is 13.8 Å². The second kappa shape index (κ2) is 5.21. The van der Waals surface area contributed by atoms with Gasteiger partial charge in [0.25, 0.3) is 5.89 Å². The van der Waals surface area contributed by atoms with Gasteiger partial charge in [0, 0.05) is 6.54 Å². The van der Waals surface area contributed by atoms with Gasteiger partial charge in [0.15, 0.2) is 5.76 Å². The van der Waals surface area contributed by atoms with Crippen molar-refractivity contribution in [3.05, 3.63) is 53.3 Å². The van der Waals surface area contributed by atoms with Crippen LogP contribution < -0.4 is 5.32 Å². The highest BCUT2D eigenvalue weighted by molar-refractivity contribution is 5.44. The van der Waals surface area contributed by atoms with E-state index in [-0.39, 0.29) is 0 Å². The molecule has 0 atom stereocenters.